The minimum absolute atomic E-state index is 0.149. The number of anilines is 1. The Balaban J connectivity index is 1.95. The molecule has 0 aliphatic heterocycles. The molecule has 0 spiro atoms. The first kappa shape index (κ1) is 16.0. The first-order valence-corrected chi connectivity index (χ1v) is 7.23. The van der Waals surface area contributed by atoms with Crippen molar-refractivity contribution in [2.75, 3.05) is 11.9 Å². The fourth-order valence-electron chi connectivity index (χ4n) is 1.62. The molecule has 2 aromatic rings. The van der Waals surface area contributed by atoms with Crippen LogP contribution in [0.5, 0.6) is 5.75 Å². The van der Waals surface area contributed by atoms with Crippen LogP contribution in [0, 0.1) is 6.92 Å². The molecule has 21 heavy (non-hydrogen) atoms. The summed E-state index contributed by atoms with van der Waals surface area (Å²) in [4.78, 5) is 11.8. The second-order valence-electron chi connectivity index (χ2n) is 4.33. The quantitative estimate of drug-likeness (QED) is 0.850. The molecule has 0 aromatic heterocycles. The van der Waals surface area contributed by atoms with Crippen molar-refractivity contribution in [3.63, 3.8) is 0 Å². The first-order valence-electron chi connectivity index (χ1n) is 6.10. The predicted molar refractivity (Wildman–Crippen MR) is 86.8 cm³/mol. The molecule has 0 saturated carbocycles. The highest BCUT2D eigenvalue weighted by molar-refractivity contribution is 6.36. The van der Waals surface area contributed by atoms with Gasteiger partial charge in [0.25, 0.3) is 5.91 Å². The number of hydrogen-bond donors (Lipinski definition) is 1. The molecule has 3 nitrogen and oxygen atoms in total. The van der Waals surface area contributed by atoms with Gasteiger partial charge in [0.15, 0.2) is 6.61 Å². The molecule has 0 bridgehead atoms. The minimum Gasteiger partial charge on any atom is -0.482 e. The van der Waals surface area contributed by atoms with E-state index < -0.39 is 0 Å². The standard InChI is InChI=1S/C15H12Cl3NO2/c1-9-12(17)6-7-13(15(9)18)21-8-14(20)19-11-4-2-10(16)3-5-11/h2-7H,8H2,1H3,(H,19,20). The summed E-state index contributed by atoms with van der Waals surface area (Å²) in [5.41, 5.74) is 1.36. The highest BCUT2D eigenvalue weighted by Crippen LogP contribution is 2.32. The minimum atomic E-state index is -0.291. The van der Waals surface area contributed by atoms with Crippen LogP contribution in [0.25, 0.3) is 0 Å². The molecule has 6 heteroatoms. The number of hydrogen-bond acceptors (Lipinski definition) is 2. The van der Waals surface area contributed by atoms with Crippen LogP contribution in [0.1, 0.15) is 5.56 Å². The van der Waals surface area contributed by atoms with E-state index in [1.807, 2.05) is 0 Å². The van der Waals surface area contributed by atoms with E-state index in [1.165, 1.54) is 0 Å². The van der Waals surface area contributed by atoms with Crippen molar-refractivity contribution in [3.8, 4) is 5.75 Å². The fourth-order valence-corrected chi connectivity index (χ4v) is 2.17. The molecule has 0 unspecified atom stereocenters. The highest BCUT2D eigenvalue weighted by atomic mass is 35.5. The normalized spacial score (nSPS) is 10.3. The van der Waals surface area contributed by atoms with Gasteiger partial charge in [-0.2, -0.15) is 0 Å². The van der Waals surface area contributed by atoms with E-state index in [4.69, 9.17) is 39.5 Å². The lowest BCUT2D eigenvalue weighted by Crippen LogP contribution is -2.20. The van der Waals surface area contributed by atoms with Crippen molar-refractivity contribution < 1.29 is 9.53 Å². The Labute approximate surface area is 137 Å². The van der Waals surface area contributed by atoms with Crippen molar-refractivity contribution in [1.29, 1.82) is 0 Å². The molecule has 0 heterocycles. The molecule has 0 atom stereocenters. The third-order valence-electron chi connectivity index (χ3n) is 2.77. The van der Waals surface area contributed by atoms with Crippen LogP contribution in [-0.2, 0) is 4.79 Å². The van der Waals surface area contributed by atoms with Gasteiger partial charge < -0.3 is 10.1 Å². The van der Waals surface area contributed by atoms with E-state index in [-0.39, 0.29) is 12.5 Å². The van der Waals surface area contributed by atoms with Crippen LogP contribution in [0.4, 0.5) is 5.69 Å². The topological polar surface area (TPSA) is 38.3 Å². The first-order chi connectivity index (χ1) is 9.97. The maximum Gasteiger partial charge on any atom is 0.262 e. The zero-order valence-electron chi connectivity index (χ0n) is 11.1. The Morgan fingerprint density at radius 1 is 1.10 bits per heavy atom. The third-order valence-corrected chi connectivity index (χ3v) is 3.90. The van der Waals surface area contributed by atoms with Crippen LogP contribution in [0.3, 0.4) is 0 Å². The average Bonchev–Trinajstić information content (AvgIpc) is 2.46. The number of carbonyl (C=O) groups excluding carboxylic acids is 1. The molecular weight excluding hydrogens is 333 g/mol. The summed E-state index contributed by atoms with van der Waals surface area (Å²) in [7, 11) is 0. The number of amides is 1. The van der Waals surface area contributed by atoms with Gasteiger partial charge in [-0.3, -0.25) is 4.79 Å². The van der Waals surface area contributed by atoms with E-state index in [0.29, 0.717) is 32.1 Å². The Morgan fingerprint density at radius 3 is 2.43 bits per heavy atom. The summed E-state index contributed by atoms with van der Waals surface area (Å²) in [6.45, 7) is 1.63. The lowest BCUT2D eigenvalue weighted by molar-refractivity contribution is -0.118. The van der Waals surface area contributed by atoms with E-state index in [2.05, 4.69) is 5.32 Å². The van der Waals surface area contributed by atoms with Crippen LogP contribution in [-0.4, -0.2) is 12.5 Å². The van der Waals surface area contributed by atoms with E-state index >= 15 is 0 Å². The third kappa shape index (κ3) is 4.27. The smallest absolute Gasteiger partial charge is 0.262 e. The fraction of sp³-hybridized carbons (Fsp3) is 0.133. The van der Waals surface area contributed by atoms with E-state index in [0.717, 1.165) is 0 Å². The molecular formula is C15H12Cl3NO2. The molecule has 1 N–H and O–H groups in total. The molecule has 0 radical (unpaired) electrons. The summed E-state index contributed by atoms with van der Waals surface area (Å²) >= 11 is 17.8. The Bertz CT molecular complexity index is 657. The van der Waals surface area contributed by atoms with Gasteiger partial charge in [0.2, 0.25) is 0 Å². The number of halogens is 3. The van der Waals surface area contributed by atoms with E-state index in [9.17, 15) is 4.79 Å². The number of carbonyl (C=O) groups is 1. The number of nitrogens with one attached hydrogen (secondary N) is 1. The zero-order chi connectivity index (χ0) is 15.4. The SMILES string of the molecule is Cc1c(Cl)ccc(OCC(=O)Nc2ccc(Cl)cc2)c1Cl. The largest absolute Gasteiger partial charge is 0.482 e. The Hall–Kier alpha value is -1.42. The monoisotopic (exact) mass is 343 g/mol. The number of benzene rings is 2. The molecule has 0 fully saturated rings. The second kappa shape index (κ2) is 7.03. The summed E-state index contributed by atoms with van der Waals surface area (Å²) < 4.78 is 5.40. The van der Waals surface area contributed by atoms with Gasteiger partial charge >= 0.3 is 0 Å². The van der Waals surface area contributed by atoms with Crippen LogP contribution < -0.4 is 10.1 Å². The summed E-state index contributed by atoms with van der Waals surface area (Å²) in [5, 5.41) is 4.26. The maximum absolute atomic E-state index is 11.8. The lowest BCUT2D eigenvalue weighted by atomic mass is 10.2. The molecule has 0 aliphatic carbocycles. The highest BCUT2D eigenvalue weighted by Gasteiger charge is 2.10. The van der Waals surface area contributed by atoms with Crippen LogP contribution in [0.15, 0.2) is 36.4 Å². The Kier molecular flexibility index (Phi) is 5.34. The maximum atomic E-state index is 11.8. The predicted octanol–water partition coefficient (Wildman–Crippen LogP) is 4.97. The molecule has 0 saturated heterocycles. The van der Waals surface area contributed by atoms with Gasteiger partial charge in [-0.15, -0.1) is 0 Å². The molecule has 0 aliphatic rings. The summed E-state index contributed by atoms with van der Waals surface area (Å²) in [5.74, 6) is 0.130. The van der Waals surface area contributed by atoms with Gasteiger partial charge in [-0.25, -0.2) is 0 Å². The number of ether oxygens (including phenoxy) is 1. The van der Waals surface area contributed by atoms with Crippen molar-refractivity contribution in [1.82, 2.24) is 0 Å². The van der Waals surface area contributed by atoms with Gasteiger partial charge in [-0.1, -0.05) is 34.8 Å². The van der Waals surface area contributed by atoms with Gasteiger partial charge in [0.05, 0.1) is 5.02 Å². The van der Waals surface area contributed by atoms with Crippen molar-refractivity contribution >= 4 is 46.4 Å². The second-order valence-corrected chi connectivity index (χ2v) is 5.55. The van der Waals surface area contributed by atoms with Crippen molar-refractivity contribution in [3.05, 3.63) is 57.0 Å². The zero-order valence-corrected chi connectivity index (χ0v) is 13.4. The molecule has 110 valence electrons. The average molecular weight is 345 g/mol. The summed E-state index contributed by atoms with van der Waals surface area (Å²) in [6.07, 6.45) is 0. The van der Waals surface area contributed by atoms with Gasteiger partial charge in [0, 0.05) is 15.7 Å². The molecule has 2 aromatic carbocycles. The molecule has 1 amide bonds. The Morgan fingerprint density at radius 2 is 1.76 bits per heavy atom. The van der Waals surface area contributed by atoms with Crippen molar-refractivity contribution in [2.45, 2.75) is 6.92 Å². The number of rotatable bonds is 4. The van der Waals surface area contributed by atoms with Gasteiger partial charge in [-0.05, 0) is 48.9 Å². The van der Waals surface area contributed by atoms with Crippen molar-refractivity contribution in [2.24, 2.45) is 0 Å². The molecule has 2 rings (SSSR count). The van der Waals surface area contributed by atoms with Crippen LogP contribution in [0.2, 0.25) is 15.1 Å². The van der Waals surface area contributed by atoms with Crippen LogP contribution >= 0.6 is 34.8 Å². The van der Waals surface area contributed by atoms with E-state index in [1.54, 1.807) is 43.3 Å². The lowest BCUT2D eigenvalue weighted by Gasteiger charge is -2.11. The summed E-state index contributed by atoms with van der Waals surface area (Å²) in [6, 6.07) is 10.1. The van der Waals surface area contributed by atoms with Gasteiger partial charge in [0.1, 0.15) is 5.75 Å².